The van der Waals surface area contributed by atoms with E-state index in [1.54, 1.807) is 0 Å². The van der Waals surface area contributed by atoms with Crippen LogP contribution in [-0.4, -0.2) is 37.8 Å². The average Bonchev–Trinajstić information content (AvgIpc) is 2.58. The van der Waals surface area contributed by atoms with Crippen LogP contribution < -0.4 is 9.47 Å². The van der Waals surface area contributed by atoms with Gasteiger partial charge in [-0.2, -0.15) is 0 Å². The highest BCUT2D eigenvalue weighted by Crippen LogP contribution is 2.29. The van der Waals surface area contributed by atoms with Gasteiger partial charge in [-0.3, -0.25) is 4.79 Å². The molecular weight excluding hydrogens is 328 g/mol. The molecule has 0 spiro atoms. The molecule has 1 saturated heterocycles. The summed E-state index contributed by atoms with van der Waals surface area (Å²) in [4.78, 5) is 11.5. The molecule has 0 saturated carbocycles. The first-order valence-corrected chi connectivity index (χ1v) is 9.65. The highest BCUT2D eigenvalue weighted by Gasteiger charge is 2.16. The SMILES string of the molecule is CCOC(=O)CSCc1cc(OC2CCCCO2)ccc1OCC. The van der Waals surface area contributed by atoms with Crippen LogP contribution in [0.3, 0.4) is 0 Å². The monoisotopic (exact) mass is 354 g/mol. The van der Waals surface area contributed by atoms with E-state index in [9.17, 15) is 4.79 Å². The zero-order valence-electron chi connectivity index (χ0n) is 14.4. The van der Waals surface area contributed by atoms with Crippen molar-refractivity contribution in [2.75, 3.05) is 25.6 Å². The minimum Gasteiger partial charge on any atom is -0.494 e. The van der Waals surface area contributed by atoms with Crippen LogP contribution in [-0.2, 0) is 20.0 Å². The number of benzene rings is 1. The lowest BCUT2D eigenvalue weighted by molar-refractivity contribution is -0.139. The van der Waals surface area contributed by atoms with E-state index < -0.39 is 0 Å². The third-order valence-electron chi connectivity index (χ3n) is 3.52. The predicted molar refractivity (Wildman–Crippen MR) is 94.6 cm³/mol. The Morgan fingerprint density at radius 1 is 1.29 bits per heavy atom. The minimum absolute atomic E-state index is 0.170. The molecule has 1 unspecified atom stereocenters. The van der Waals surface area contributed by atoms with E-state index in [0.717, 1.165) is 42.9 Å². The molecule has 0 aliphatic carbocycles. The lowest BCUT2D eigenvalue weighted by Gasteiger charge is -2.24. The molecule has 24 heavy (non-hydrogen) atoms. The molecule has 1 heterocycles. The zero-order chi connectivity index (χ0) is 17.2. The molecule has 134 valence electrons. The Labute approximate surface area is 148 Å². The number of carbonyl (C=O) groups is 1. The summed E-state index contributed by atoms with van der Waals surface area (Å²) in [7, 11) is 0. The molecule has 0 radical (unpaired) electrons. The van der Waals surface area contributed by atoms with Crippen molar-refractivity contribution >= 4 is 17.7 Å². The van der Waals surface area contributed by atoms with Crippen molar-refractivity contribution in [3.8, 4) is 11.5 Å². The molecule has 1 aliphatic rings. The molecule has 0 aromatic heterocycles. The second-order valence-electron chi connectivity index (χ2n) is 5.41. The van der Waals surface area contributed by atoms with E-state index in [4.69, 9.17) is 18.9 Å². The molecule has 1 aromatic carbocycles. The second-order valence-corrected chi connectivity index (χ2v) is 6.40. The summed E-state index contributed by atoms with van der Waals surface area (Å²) < 4.78 is 22.2. The molecule has 2 rings (SSSR count). The third kappa shape index (κ3) is 6.24. The molecule has 1 atom stereocenters. The van der Waals surface area contributed by atoms with E-state index in [0.29, 0.717) is 24.7 Å². The van der Waals surface area contributed by atoms with E-state index in [-0.39, 0.29) is 12.3 Å². The maximum atomic E-state index is 11.5. The number of hydrogen-bond donors (Lipinski definition) is 0. The normalized spacial score (nSPS) is 17.3. The van der Waals surface area contributed by atoms with E-state index in [1.165, 1.54) is 11.8 Å². The lowest BCUT2D eigenvalue weighted by Crippen LogP contribution is -2.25. The summed E-state index contributed by atoms with van der Waals surface area (Å²) in [5.74, 6) is 2.40. The van der Waals surface area contributed by atoms with Gasteiger partial charge in [0.2, 0.25) is 0 Å². The Morgan fingerprint density at radius 2 is 2.17 bits per heavy atom. The zero-order valence-corrected chi connectivity index (χ0v) is 15.2. The number of rotatable bonds is 9. The number of carbonyl (C=O) groups excluding carboxylic acids is 1. The highest BCUT2D eigenvalue weighted by molar-refractivity contribution is 7.99. The minimum atomic E-state index is -0.191. The Hall–Kier alpha value is -1.40. The van der Waals surface area contributed by atoms with Gasteiger partial charge >= 0.3 is 5.97 Å². The molecule has 5 nitrogen and oxygen atoms in total. The van der Waals surface area contributed by atoms with Crippen molar-refractivity contribution in [2.24, 2.45) is 0 Å². The quantitative estimate of drug-likeness (QED) is 0.629. The van der Waals surface area contributed by atoms with E-state index in [2.05, 4.69) is 0 Å². The van der Waals surface area contributed by atoms with Gasteiger partial charge in [0.25, 0.3) is 0 Å². The van der Waals surface area contributed by atoms with Crippen LogP contribution in [0.2, 0.25) is 0 Å². The average molecular weight is 354 g/mol. The molecule has 1 aromatic rings. The van der Waals surface area contributed by atoms with Crippen LogP contribution in [0.4, 0.5) is 0 Å². The van der Waals surface area contributed by atoms with Crippen LogP contribution in [0.25, 0.3) is 0 Å². The Kier molecular flexibility index (Phi) is 8.25. The molecule has 0 bridgehead atoms. The summed E-state index contributed by atoms with van der Waals surface area (Å²) in [6.45, 7) is 5.53. The summed E-state index contributed by atoms with van der Waals surface area (Å²) >= 11 is 1.51. The van der Waals surface area contributed by atoms with Gasteiger partial charge in [-0.05, 0) is 44.9 Å². The fraction of sp³-hybridized carbons (Fsp3) is 0.611. The van der Waals surface area contributed by atoms with Crippen LogP contribution in [0.15, 0.2) is 18.2 Å². The van der Waals surface area contributed by atoms with Crippen molar-refractivity contribution in [3.05, 3.63) is 23.8 Å². The number of ether oxygens (including phenoxy) is 4. The number of thioether (sulfide) groups is 1. The molecule has 6 heteroatoms. The van der Waals surface area contributed by atoms with Crippen molar-refractivity contribution in [3.63, 3.8) is 0 Å². The first kappa shape index (κ1) is 18.9. The smallest absolute Gasteiger partial charge is 0.315 e. The van der Waals surface area contributed by atoms with Crippen LogP contribution in [0, 0.1) is 0 Å². The number of hydrogen-bond acceptors (Lipinski definition) is 6. The van der Waals surface area contributed by atoms with Crippen molar-refractivity contribution in [1.29, 1.82) is 0 Å². The Morgan fingerprint density at radius 3 is 2.88 bits per heavy atom. The molecular formula is C18H26O5S. The Balaban J connectivity index is 1.96. The van der Waals surface area contributed by atoms with E-state index >= 15 is 0 Å². The van der Waals surface area contributed by atoms with E-state index in [1.807, 2.05) is 32.0 Å². The standard InChI is InChI=1S/C18H26O5S/c1-3-20-16-9-8-15(23-18-7-5-6-10-22-18)11-14(16)12-24-13-17(19)21-4-2/h8-9,11,18H,3-7,10,12-13H2,1-2H3. The maximum absolute atomic E-state index is 11.5. The van der Waals surface area contributed by atoms with Gasteiger partial charge < -0.3 is 18.9 Å². The van der Waals surface area contributed by atoms with Crippen molar-refractivity contribution < 1.29 is 23.7 Å². The third-order valence-corrected chi connectivity index (χ3v) is 4.47. The number of esters is 1. The van der Waals surface area contributed by atoms with Crippen molar-refractivity contribution in [1.82, 2.24) is 0 Å². The lowest BCUT2D eigenvalue weighted by atomic mass is 10.2. The summed E-state index contributed by atoms with van der Waals surface area (Å²) in [6.07, 6.45) is 2.97. The van der Waals surface area contributed by atoms with Gasteiger partial charge in [0, 0.05) is 17.7 Å². The van der Waals surface area contributed by atoms with Gasteiger partial charge in [-0.15, -0.1) is 11.8 Å². The first-order chi connectivity index (χ1) is 11.7. The molecule has 1 fully saturated rings. The Bertz CT molecular complexity index is 514. The predicted octanol–water partition coefficient (Wildman–Crippen LogP) is 3.79. The molecule has 1 aliphatic heterocycles. The fourth-order valence-corrected chi connectivity index (χ4v) is 3.24. The highest BCUT2D eigenvalue weighted by atomic mass is 32.2. The van der Waals surface area contributed by atoms with Gasteiger partial charge in [-0.1, -0.05) is 0 Å². The van der Waals surface area contributed by atoms with Crippen LogP contribution >= 0.6 is 11.8 Å². The second kappa shape index (κ2) is 10.5. The molecule has 0 amide bonds. The first-order valence-electron chi connectivity index (χ1n) is 8.50. The van der Waals surface area contributed by atoms with Gasteiger partial charge in [0.1, 0.15) is 11.5 Å². The summed E-state index contributed by atoms with van der Waals surface area (Å²) in [5, 5.41) is 0. The topological polar surface area (TPSA) is 54.0 Å². The largest absolute Gasteiger partial charge is 0.494 e. The molecule has 0 N–H and O–H groups in total. The van der Waals surface area contributed by atoms with Crippen LogP contribution in [0.5, 0.6) is 11.5 Å². The van der Waals surface area contributed by atoms with Crippen LogP contribution in [0.1, 0.15) is 38.7 Å². The summed E-state index contributed by atoms with van der Waals surface area (Å²) in [5.41, 5.74) is 1.01. The fourth-order valence-electron chi connectivity index (χ4n) is 2.44. The maximum Gasteiger partial charge on any atom is 0.315 e. The summed E-state index contributed by atoms with van der Waals surface area (Å²) in [6, 6.07) is 5.80. The van der Waals surface area contributed by atoms with Gasteiger partial charge in [0.15, 0.2) is 6.29 Å². The van der Waals surface area contributed by atoms with Gasteiger partial charge in [-0.25, -0.2) is 0 Å². The van der Waals surface area contributed by atoms with Crippen molar-refractivity contribution in [2.45, 2.75) is 45.2 Å². The van der Waals surface area contributed by atoms with Gasteiger partial charge in [0.05, 0.1) is 25.6 Å².